The van der Waals surface area contributed by atoms with Crippen LogP contribution in [0.3, 0.4) is 0 Å². The lowest BCUT2D eigenvalue weighted by Crippen LogP contribution is -2.53. The van der Waals surface area contributed by atoms with Gasteiger partial charge in [-0.3, -0.25) is 19.5 Å². The van der Waals surface area contributed by atoms with Crippen LogP contribution in [0.15, 0.2) is 36.5 Å². The molecule has 2 fully saturated rings. The van der Waals surface area contributed by atoms with Gasteiger partial charge >= 0.3 is 12.1 Å². The van der Waals surface area contributed by atoms with Gasteiger partial charge in [0.25, 0.3) is 5.91 Å². The Morgan fingerprint density at radius 2 is 1.88 bits per heavy atom. The van der Waals surface area contributed by atoms with Gasteiger partial charge in [0, 0.05) is 30.1 Å². The lowest BCUT2D eigenvalue weighted by Gasteiger charge is -2.37. The summed E-state index contributed by atoms with van der Waals surface area (Å²) in [6, 6.07) is 4.92. The SMILES string of the molecule is NC(=O)[C@@H]1C[C@@H](O)CN1C(=O)c1ccc(-c2ccc(OCC3CCCCN3CC(F)(F)C(F)(F)F)cn2)c(F)c1. The first-order chi connectivity index (χ1) is 18.8. The van der Waals surface area contributed by atoms with Crippen LogP contribution in [0.4, 0.5) is 26.3 Å². The topological polar surface area (TPSA) is 109 Å². The fourth-order valence-electron chi connectivity index (χ4n) is 4.95. The molecular weight excluding hydrogens is 546 g/mol. The Labute approximate surface area is 225 Å². The summed E-state index contributed by atoms with van der Waals surface area (Å²) in [7, 11) is 0. The molecule has 3 heterocycles. The monoisotopic (exact) mass is 574 g/mol. The van der Waals surface area contributed by atoms with Crippen molar-refractivity contribution in [2.24, 2.45) is 5.73 Å². The van der Waals surface area contributed by atoms with Crippen molar-refractivity contribution in [3.05, 3.63) is 47.9 Å². The van der Waals surface area contributed by atoms with Crippen molar-refractivity contribution in [1.82, 2.24) is 14.8 Å². The number of carbonyl (C=O) groups is 2. The van der Waals surface area contributed by atoms with E-state index in [0.717, 1.165) is 15.9 Å². The summed E-state index contributed by atoms with van der Waals surface area (Å²) < 4.78 is 85.8. The van der Waals surface area contributed by atoms with E-state index in [1.165, 1.54) is 30.5 Å². The third-order valence-corrected chi connectivity index (χ3v) is 7.10. The van der Waals surface area contributed by atoms with Crippen LogP contribution in [0.1, 0.15) is 36.0 Å². The maximum absolute atomic E-state index is 14.9. The van der Waals surface area contributed by atoms with E-state index >= 15 is 0 Å². The molecule has 0 aliphatic carbocycles. The summed E-state index contributed by atoms with van der Waals surface area (Å²) in [5.74, 6) is -6.83. The van der Waals surface area contributed by atoms with Gasteiger partial charge in [0.1, 0.15) is 24.2 Å². The van der Waals surface area contributed by atoms with Crippen molar-refractivity contribution in [3.8, 4) is 17.0 Å². The number of aliphatic hydroxyl groups is 1. The van der Waals surface area contributed by atoms with E-state index in [9.17, 15) is 41.0 Å². The quantitative estimate of drug-likeness (QED) is 0.468. The smallest absolute Gasteiger partial charge is 0.454 e. The average molecular weight is 575 g/mol. The summed E-state index contributed by atoms with van der Waals surface area (Å²) in [6.07, 6.45) is -3.73. The molecule has 40 heavy (non-hydrogen) atoms. The van der Waals surface area contributed by atoms with Gasteiger partial charge in [0.05, 0.1) is 24.5 Å². The first-order valence-electron chi connectivity index (χ1n) is 12.6. The van der Waals surface area contributed by atoms with Crippen LogP contribution in [0.25, 0.3) is 11.3 Å². The zero-order valence-electron chi connectivity index (χ0n) is 21.2. The highest BCUT2D eigenvalue weighted by atomic mass is 19.4. The van der Waals surface area contributed by atoms with Crippen LogP contribution in [0.2, 0.25) is 0 Å². The number of carbonyl (C=O) groups excluding carboxylic acids is 2. The number of halogens is 6. The molecule has 1 unspecified atom stereocenters. The van der Waals surface area contributed by atoms with Gasteiger partial charge in [-0.2, -0.15) is 22.0 Å². The number of aliphatic hydroxyl groups excluding tert-OH is 1. The third kappa shape index (κ3) is 6.49. The predicted molar refractivity (Wildman–Crippen MR) is 130 cm³/mol. The number of likely N-dealkylation sites (tertiary alicyclic amines) is 2. The Morgan fingerprint density at radius 1 is 1.12 bits per heavy atom. The minimum Gasteiger partial charge on any atom is -0.490 e. The van der Waals surface area contributed by atoms with E-state index in [0.29, 0.717) is 19.3 Å². The van der Waals surface area contributed by atoms with E-state index in [-0.39, 0.29) is 48.7 Å². The van der Waals surface area contributed by atoms with E-state index < -0.39 is 54.5 Å². The van der Waals surface area contributed by atoms with Crippen LogP contribution in [0, 0.1) is 5.82 Å². The zero-order valence-corrected chi connectivity index (χ0v) is 21.2. The molecular formula is C26H28F6N4O4. The Kier molecular flexibility index (Phi) is 8.59. The van der Waals surface area contributed by atoms with Crippen molar-refractivity contribution in [3.63, 3.8) is 0 Å². The van der Waals surface area contributed by atoms with Gasteiger partial charge in [-0.1, -0.05) is 6.42 Å². The first kappa shape index (κ1) is 29.6. The second kappa shape index (κ2) is 11.6. The molecule has 0 bridgehead atoms. The number of aromatic nitrogens is 1. The summed E-state index contributed by atoms with van der Waals surface area (Å²) in [5, 5.41) is 9.82. The van der Waals surface area contributed by atoms with Crippen LogP contribution in [0.5, 0.6) is 5.75 Å². The number of ether oxygens (including phenoxy) is 1. The molecule has 0 spiro atoms. The molecule has 8 nitrogen and oxygen atoms in total. The summed E-state index contributed by atoms with van der Waals surface area (Å²) >= 11 is 0. The molecule has 218 valence electrons. The molecule has 2 aromatic rings. The fourth-order valence-corrected chi connectivity index (χ4v) is 4.95. The molecule has 2 amide bonds. The van der Waals surface area contributed by atoms with Gasteiger partial charge in [-0.05, 0) is 49.7 Å². The third-order valence-electron chi connectivity index (χ3n) is 7.10. The van der Waals surface area contributed by atoms with E-state index in [1.807, 2.05) is 0 Å². The molecule has 2 saturated heterocycles. The van der Waals surface area contributed by atoms with Crippen molar-refractivity contribution in [1.29, 1.82) is 0 Å². The molecule has 1 aromatic carbocycles. The molecule has 1 aromatic heterocycles. The zero-order chi connectivity index (χ0) is 29.2. The number of primary amides is 1. The van der Waals surface area contributed by atoms with Crippen LogP contribution in [-0.4, -0.2) is 88.2 Å². The average Bonchev–Trinajstić information content (AvgIpc) is 3.29. The van der Waals surface area contributed by atoms with Crippen molar-refractivity contribution in [2.45, 2.75) is 56.0 Å². The summed E-state index contributed by atoms with van der Waals surface area (Å²) in [5.41, 5.74) is 5.52. The Balaban J connectivity index is 1.40. The minimum absolute atomic E-state index is 0.00120. The largest absolute Gasteiger partial charge is 0.490 e. The van der Waals surface area contributed by atoms with Crippen molar-refractivity contribution in [2.75, 3.05) is 26.2 Å². The number of piperidine rings is 1. The number of alkyl halides is 5. The second-order valence-electron chi connectivity index (χ2n) is 9.97. The summed E-state index contributed by atoms with van der Waals surface area (Å²) in [4.78, 5) is 30.8. The van der Waals surface area contributed by atoms with Gasteiger partial charge in [-0.25, -0.2) is 4.39 Å². The molecule has 14 heteroatoms. The maximum Gasteiger partial charge on any atom is 0.454 e. The molecule has 4 rings (SSSR count). The standard InChI is InChI=1S/C26H28F6N4O4/c27-20-9-15(24(39)36-12-17(37)10-22(36)23(33)38)4-6-19(20)21-7-5-18(11-34-21)40-13-16-3-1-2-8-35(16)14-25(28,29)26(30,31)32/h4-7,9,11,16-17,22,37H,1-3,8,10,12-14H2,(H2,33,38)/t16?,17-,22+/m1/s1. The van der Waals surface area contributed by atoms with Gasteiger partial charge in [-0.15, -0.1) is 0 Å². The van der Waals surface area contributed by atoms with Crippen LogP contribution >= 0.6 is 0 Å². The number of nitrogens with two attached hydrogens (primary N) is 1. The Morgan fingerprint density at radius 3 is 2.50 bits per heavy atom. The number of rotatable bonds is 8. The number of β-amino-alcohol motifs (C(OH)–C–C–N with tert-alkyl or cyclic N) is 1. The van der Waals surface area contributed by atoms with Crippen molar-refractivity contribution >= 4 is 11.8 Å². The number of benzene rings is 1. The van der Waals surface area contributed by atoms with E-state index in [4.69, 9.17) is 10.5 Å². The number of hydrogen-bond donors (Lipinski definition) is 2. The molecule has 0 saturated carbocycles. The minimum atomic E-state index is -5.64. The molecule has 0 radical (unpaired) electrons. The number of pyridine rings is 1. The van der Waals surface area contributed by atoms with Crippen molar-refractivity contribution < 1.29 is 45.8 Å². The van der Waals surface area contributed by atoms with Gasteiger partial charge in [0.15, 0.2) is 0 Å². The normalized spacial score (nSPS) is 22.4. The highest BCUT2D eigenvalue weighted by molar-refractivity contribution is 5.98. The molecule has 3 N–H and O–H groups in total. The van der Waals surface area contributed by atoms with Gasteiger partial charge in [0.2, 0.25) is 5.91 Å². The lowest BCUT2D eigenvalue weighted by atomic mass is 10.0. The van der Waals surface area contributed by atoms with Crippen LogP contribution < -0.4 is 10.5 Å². The number of nitrogens with zero attached hydrogens (tertiary/aromatic N) is 3. The maximum atomic E-state index is 14.9. The molecule has 2 aliphatic heterocycles. The number of amides is 2. The second-order valence-corrected chi connectivity index (χ2v) is 9.97. The molecule has 2 aliphatic rings. The highest BCUT2D eigenvalue weighted by Crippen LogP contribution is 2.37. The summed E-state index contributed by atoms with van der Waals surface area (Å²) in [6.45, 7) is -1.59. The fraction of sp³-hybridized carbons (Fsp3) is 0.500. The van der Waals surface area contributed by atoms with E-state index in [1.54, 1.807) is 0 Å². The predicted octanol–water partition coefficient (Wildman–Crippen LogP) is 3.38. The Hall–Kier alpha value is -3.39. The lowest BCUT2D eigenvalue weighted by molar-refractivity contribution is -0.288. The molecule has 3 atom stereocenters. The van der Waals surface area contributed by atoms with Gasteiger partial charge < -0.3 is 20.5 Å². The highest BCUT2D eigenvalue weighted by Gasteiger charge is 2.58. The first-order valence-corrected chi connectivity index (χ1v) is 12.6. The number of hydrogen-bond acceptors (Lipinski definition) is 6. The van der Waals surface area contributed by atoms with Crippen LogP contribution in [-0.2, 0) is 4.79 Å². The van der Waals surface area contributed by atoms with E-state index in [2.05, 4.69) is 4.98 Å². The Bertz CT molecular complexity index is 1230.